The van der Waals surface area contributed by atoms with Crippen molar-refractivity contribution in [2.75, 3.05) is 0 Å². The molecule has 2 N–H and O–H groups in total. The Morgan fingerprint density at radius 3 is 2.82 bits per heavy atom. The number of hydrogen-bond acceptors (Lipinski definition) is 5. The molecule has 1 amide bonds. The minimum Gasteiger partial charge on any atom is -0.357 e. The van der Waals surface area contributed by atoms with Gasteiger partial charge in [-0.15, -0.1) is 0 Å². The van der Waals surface area contributed by atoms with E-state index in [0.29, 0.717) is 24.4 Å². The van der Waals surface area contributed by atoms with Gasteiger partial charge in [0.25, 0.3) is 5.56 Å². The van der Waals surface area contributed by atoms with E-state index in [1.807, 2.05) is 35.0 Å². The molecule has 0 aliphatic carbocycles. The molecule has 0 unspecified atom stereocenters. The van der Waals surface area contributed by atoms with Crippen molar-refractivity contribution in [3.63, 3.8) is 0 Å². The van der Waals surface area contributed by atoms with Gasteiger partial charge in [-0.2, -0.15) is 5.10 Å². The van der Waals surface area contributed by atoms with Crippen molar-refractivity contribution in [2.24, 2.45) is 0 Å². The number of aromatic nitrogens is 6. The van der Waals surface area contributed by atoms with E-state index in [9.17, 15) is 9.59 Å². The molecule has 39 heavy (non-hydrogen) atoms. The predicted octanol–water partition coefficient (Wildman–Crippen LogP) is 3.81. The molecule has 4 aromatic heterocycles. The Balaban J connectivity index is 1.24. The quantitative estimate of drug-likeness (QED) is 0.307. The number of nitrogens with one attached hydrogen (secondary N) is 2. The number of amides is 1. The van der Waals surface area contributed by atoms with E-state index < -0.39 is 0 Å². The second-order valence-corrected chi connectivity index (χ2v) is 10.0. The number of carbonyl (C=O) groups excluding carboxylic acids is 1. The Labute approximate surface area is 225 Å². The van der Waals surface area contributed by atoms with Crippen LogP contribution in [-0.4, -0.2) is 35.2 Å². The first-order valence-corrected chi connectivity index (χ1v) is 13.5. The van der Waals surface area contributed by atoms with Crippen molar-refractivity contribution in [2.45, 2.75) is 58.2 Å². The predicted molar refractivity (Wildman–Crippen MR) is 149 cm³/mol. The van der Waals surface area contributed by atoms with Gasteiger partial charge in [0.1, 0.15) is 12.2 Å². The number of rotatable bonds is 9. The number of nitrogens with zero attached hydrogens (tertiary/aromatic N) is 5. The second-order valence-electron chi connectivity index (χ2n) is 10.0. The Bertz CT molecular complexity index is 1630. The normalized spacial score (nSPS) is 12.9. The van der Waals surface area contributed by atoms with Crippen molar-refractivity contribution in [3.8, 4) is 11.3 Å². The minimum atomic E-state index is -0.238. The van der Waals surface area contributed by atoms with Crippen LogP contribution in [0.25, 0.3) is 22.2 Å². The minimum absolute atomic E-state index is 0.0885. The molecule has 5 aromatic rings. The van der Waals surface area contributed by atoms with Gasteiger partial charge in [-0.25, -0.2) is 0 Å². The van der Waals surface area contributed by atoms with Gasteiger partial charge >= 0.3 is 0 Å². The maximum Gasteiger partial charge on any atom is 0.273 e. The third-order valence-corrected chi connectivity index (χ3v) is 7.36. The van der Waals surface area contributed by atoms with E-state index >= 15 is 0 Å². The van der Waals surface area contributed by atoms with Crippen LogP contribution in [0.4, 0.5) is 0 Å². The van der Waals surface area contributed by atoms with Crippen LogP contribution in [0.3, 0.4) is 0 Å². The molecule has 0 radical (unpaired) electrons. The zero-order chi connectivity index (χ0) is 26.6. The molecule has 0 fully saturated rings. The highest BCUT2D eigenvalue weighted by atomic mass is 16.2. The molecular formula is C30H31N7O2. The molecule has 6 rings (SSSR count). The Hall–Kier alpha value is -4.53. The Kier molecular flexibility index (Phi) is 7.03. The summed E-state index contributed by atoms with van der Waals surface area (Å²) in [5.74, 6) is -0.238. The molecule has 5 heterocycles. The molecule has 0 saturated heterocycles. The molecule has 1 aliphatic heterocycles. The van der Waals surface area contributed by atoms with Gasteiger partial charge in [0.2, 0.25) is 5.91 Å². The summed E-state index contributed by atoms with van der Waals surface area (Å²) < 4.78 is 3.58. The Morgan fingerprint density at radius 1 is 1.05 bits per heavy atom. The molecule has 9 nitrogen and oxygen atoms in total. The number of aromatic amines is 1. The molecule has 198 valence electrons. The number of benzene rings is 1. The molecule has 0 bridgehead atoms. The summed E-state index contributed by atoms with van der Waals surface area (Å²) in [4.78, 5) is 38.9. The van der Waals surface area contributed by atoms with Gasteiger partial charge in [-0.05, 0) is 56.2 Å². The summed E-state index contributed by atoms with van der Waals surface area (Å²) in [7, 11) is 0. The van der Waals surface area contributed by atoms with Gasteiger partial charge in [0.15, 0.2) is 0 Å². The largest absolute Gasteiger partial charge is 0.357 e. The van der Waals surface area contributed by atoms with Crippen molar-refractivity contribution in [1.82, 2.24) is 34.6 Å². The van der Waals surface area contributed by atoms with Crippen LogP contribution in [0.5, 0.6) is 0 Å². The maximum absolute atomic E-state index is 13.7. The van der Waals surface area contributed by atoms with Crippen LogP contribution in [0.1, 0.15) is 41.9 Å². The summed E-state index contributed by atoms with van der Waals surface area (Å²) in [6.45, 7) is 1.11. The average Bonchev–Trinajstić information content (AvgIpc) is 3.59. The van der Waals surface area contributed by atoms with Crippen LogP contribution < -0.4 is 10.9 Å². The highest BCUT2D eigenvalue weighted by molar-refractivity contribution is 5.80. The number of pyridine rings is 1. The van der Waals surface area contributed by atoms with Crippen molar-refractivity contribution in [1.29, 1.82) is 0 Å². The molecule has 0 saturated carbocycles. The fourth-order valence-corrected chi connectivity index (χ4v) is 5.33. The lowest BCUT2D eigenvalue weighted by Gasteiger charge is -2.17. The maximum atomic E-state index is 13.7. The van der Waals surface area contributed by atoms with Gasteiger partial charge in [0, 0.05) is 46.8 Å². The van der Waals surface area contributed by atoms with Gasteiger partial charge in [-0.1, -0.05) is 30.3 Å². The van der Waals surface area contributed by atoms with E-state index in [-0.39, 0.29) is 18.0 Å². The number of H-pyrrole nitrogens is 1. The van der Waals surface area contributed by atoms with Crippen LogP contribution in [0, 0.1) is 0 Å². The number of hydrogen-bond donors (Lipinski definition) is 2. The van der Waals surface area contributed by atoms with E-state index in [0.717, 1.165) is 66.5 Å². The summed E-state index contributed by atoms with van der Waals surface area (Å²) in [6, 6.07) is 14.1. The van der Waals surface area contributed by atoms with Crippen molar-refractivity contribution < 1.29 is 4.79 Å². The first-order chi connectivity index (χ1) is 19.2. The standard InChI is InChI=1S/C30H31N7O2/c38-29(33-17-23-15-22-16-31-13-12-25(22)35-23)20-36-28(24-18-34-37-14-5-4-11-27(24)37)19-32-26(30(36)39)10-6-9-21-7-2-1-3-8-21/h1-3,7-8,12-13,15-16,18-19,35H,4-6,9-11,14,17,20H2,(H,33,38). The molecular weight excluding hydrogens is 490 g/mol. The molecule has 1 aliphatic rings. The average molecular weight is 522 g/mol. The van der Waals surface area contributed by atoms with Crippen molar-refractivity contribution in [3.05, 3.63) is 100 Å². The third-order valence-electron chi connectivity index (χ3n) is 7.36. The lowest BCUT2D eigenvalue weighted by Crippen LogP contribution is -2.35. The third kappa shape index (κ3) is 5.38. The van der Waals surface area contributed by atoms with E-state index in [1.54, 1.807) is 29.4 Å². The lowest BCUT2D eigenvalue weighted by molar-refractivity contribution is -0.121. The van der Waals surface area contributed by atoms with E-state index in [4.69, 9.17) is 0 Å². The molecule has 9 heteroatoms. The topological polar surface area (TPSA) is 110 Å². The van der Waals surface area contributed by atoms with Crippen LogP contribution in [0.15, 0.2) is 72.0 Å². The summed E-state index contributed by atoms with van der Waals surface area (Å²) in [5.41, 5.74) is 5.95. The summed E-state index contributed by atoms with van der Waals surface area (Å²) in [5, 5.41) is 8.50. The van der Waals surface area contributed by atoms with Crippen molar-refractivity contribution >= 4 is 16.8 Å². The van der Waals surface area contributed by atoms with Gasteiger partial charge < -0.3 is 10.3 Å². The molecule has 1 aromatic carbocycles. The highest BCUT2D eigenvalue weighted by Gasteiger charge is 2.21. The fraction of sp³-hybridized carbons (Fsp3) is 0.300. The number of fused-ring (bicyclic) bond motifs is 2. The lowest BCUT2D eigenvalue weighted by atomic mass is 10.0. The fourth-order valence-electron chi connectivity index (χ4n) is 5.33. The zero-order valence-electron chi connectivity index (χ0n) is 21.8. The van der Waals surface area contributed by atoms with E-state index in [1.165, 1.54) is 5.56 Å². The second kappa shape index (κ2) is 11.1. The zero-order valence-corrected chi connectivity index (χ0v) is 21.8. The van der Waals surface area contributed by atoms with Crippen LogP contribution in [-0.2, 0) is 43.7 Å². The smallest absolute Gasteiger partial charge is 0.273 e. The molecule has 0 spiro atoms. The SMILES string of the molecule is O=C(Cn1c(-c2cnn3c2CCCC3)cnc(CCCc2ccccc2)c1=O)NCc1cc2cnccc2[nH]1. The monoisotopic (exact) mass is 521 g/mol. The van der Waals surface area contributed by atoms with E-state index in [2.05, 4.69) is 37.5 Å². The summed E-state index contributed by atoms with van der Waals surface area (Å²) in [6.07, 6.45) is 12.3. The first kappa shape index (κ1) is 24.8. The van der Waals surface area contributed by atoms with Crippen LogP contribution >= 0.6 is 0 Å². The van der Waals surface area contributed by atoms with Gasteiger partial charge in [-0.3, -0.25) is 28.8 Å². The molecule has 0 atom stereocenters. The van der Waals surface area contributed by atoms with Crippen LogP contribution in [0.2, 0.25) is 0 Å². The number of carbonyl (C=O) groups is 1. The first-order valence-electron chi connectivity index (χ1n) is 13.5. The highest BCUT2D eigenvalue weighted by Crippen LogP contribution is 2.27. The Morgan fingerprint density at radius 2 is 1.95 bits per heavy atom. The number of aryl methyl sites for hydroxylation is 3. The summed E-state index contributed by atoms with van der Waals surface area (Å²) >= 11 is 0. The van der Waals surface area contributed by atoms with Gasteiger partial charge in [0.05, 0.1) is 24.6 Å².